The molecule has 0 aliphatic rings. The molecule has 3 heteroatoms. The normalized spacial score (nSPS) is 15.4. The number of rotatable bonds is 9. The largest absolute Gasteiger partial charge is 0.394 e. The molecule has 0 aliphatic heterocycles. The average Bonchev–Trinajstić information content (AvgIpc) is 2.22. The predicted octanol–water partition coefficient (Wildman–Crippen LogP) is 1.29. The summed E-state index contributed by atoms with van der Waals surface area (Å²) in [5.74, 6) is 0. The molecule has 3 N–H and O–H groups in total. The number of nitrogens with one attached hydrogen (secondary N) is 1. The molecule has 0 unspecified atom stereocenters. The third-order valence-corrected chi connectivity index (χ3v) is 2.43. The Morgan fingerprint density at radius 3 is 2.36 bits per heavy atom. The topological polar surface area (TPSA) is 52.5 Å². The van der Waals surface area contributed by atoms with E-state index in [9.17, 15) is 5.11 Å². The van der Waals surface area contributed by atoms with E-state index >= 15 is 0 Å². The summed E-state index contributed by atoms with van der Waals surface area (Å²) in [5, 5.41) is 21.7. The lowest BCUT2D eigenvalue weighted by Crippen LogP contribution is -2.42. The first-order valence-corrected chi connectivity index (χ1v) is 5.78. The number of hydrogen-bond donors (Lipinski definition) is 3. The molecule has 2 atom stereocenters. The van der Waals surface area contributed by atoms with Crippen LogP contribution in [0.4, 0.5) is 0 Å². The predicted molar refractivity (Wildman–Crippen MR) is 59.3 cm³/mol. The fraction of sp³-hybridized carbons (Fsp3) is 1.00. The third kappa shape index (κ3) is 6.35. The van der Waals surface area contributed by atoms with Gasteiger partial charge in [0.05, 0.1) is 12.7 Å². The van der Waals surface area contributed by atoms with Gasteiger partial charge in [0.2, 0.25) is 0 Å². The van der Waals surface area contributed by atoms with E-state index in [4.69, 9.17) is 5.11 Å². The molecule has 0 aromatic carbocycles. The minimum Gasteiger partial charge on any atom is -0.394 e. The molecule has 0 bridgehead atoms. The van der Waals surface area contributed by atoms with Crippen molar-refractivity contribution >= 4 is 0 Å². The van der Waals surface area contributed by atoms with Gasteiger partial charge in [-0.2, -0.15) is 0 Å². The summed E-state index contributed by atoms with van der Waals surface area (Å²) in [6.07, 6.45) is 4.91. The number of hydrogen-bond acceptors (Lipinski definition) is 3. The van der Waals surface area contributed by atoms with Gasteiger partial charge < -0.3 is 15.5 Å². The summed E-state index contributed by atoms with van der Waals surface area (Å²) >= 11 is 0. The van der Waals surface area contributed by atoms with E-state index in [1.165, 1.54) is 12.8 Å². The van der Waals surface area contributed by atoms with Crippen LogP contribution in [0.2, 0.25) is 0 Å². The lowest BCUT2D eigenvalue weighted by Gasteiger charge is -2.22. The molecule has 14 heavy (non-hydrogen) atoms. The second kappa shape index (κ2) is 9.44. The maximum Gasteiger partial charge on any atom is 0.0923 e. The minimum atomic E-state index is -0.613. The van der Waals surface area contributed by atoms with Crippen molar-refractivity contribution in [3.8, 4) is 0 Å². The van der Waals surface area contributed by atoms with Crippen LogP contribution in [-0.2, 0) is 0 Å². The first-order valence-electron chi connectivity index (χ1n) is 5.78. The summed E-state index contributed by atoms with van der Waals surface area (Å²) in [6, 6.07) is 0.0616. The SMILES string of the molecule is CCCCC[C@@H](NCCC)[C@@H](O)CO. The second-order valence-corrected chi connectivity index (χ2v) is 3.81. The molecule has 0 aliphatic carbocycles. The highest BCUT2D eigenvalue weighted by atomic mass is 16.3. The van der Waals surface area contributed by atoms with Crippen LogP contribution in [0.5, 0.6) is 0 Å². The lowest BCUT2D eigenvalue weighted by atomic mass is 10.0. The summed E-state index contributed by atoms with van der Waals surface area (Å²) in [6.45, 7) is 5.03. The van der Waals surface area contributed by atoms with Crippen molar-refractivity contribution in [2.45, 2.75) is 58.1 Å². The van der Waals surface area contributed by atoms with Gasteiger partial charge >= 0.3 is 0 Å². The van der Waals surface area contributed by atoms with Crippen LogP contribution in [0.1, 0.15) is 46.0 Å². The highest BCUT2D eigenvalue weighted by Crippen LogP contribution is 2.06. The molecule has 3 nitrogen and oxygen atoms in total. The number of unbranched alkanes of at least 4 members (excludes halogenated alkanes) is 2. The fourth-order valence-corrected chi connectivity index (χ4v) is 1.50. The molecule has 0 saturated carbocycles. The Morgan fingerprint density at radius 2 is 1.86 bits per heavy atom. The van der Waals surface area contributed by atoms with Crippen LogP contribution in [0.15, 0.2) is 0 Å². The highest BCUT2D eigenvalue weighted by molar-refractivity contribution is 4.74. The lowest BCUT2D eigenvalue weighted by molar-refractivity contribution is 0.0593. The first kappa shape index (κ1) is 13.9. The first-order chi connectivity index (χ1) is 6.76. The Kier molecular flexibility index (Phi) is 9.35. The molecular formula is C11H25NO2. The van der Waals surface area contributed by atoms with Crippen molar-refractivity contribution in [3.05, 3.63) is 0 Å². The van der Waals surface area contributed by atoms with Gasteiger partial charge in [0.25, 0.3) is 0 Å². The molecular weight excluding hydrogens is 178 g/mol. The Hall–Kier alpha value is -0.120. The molecule has 0 radical (unpaired) electrons. The van der Waals surface area contributed by atoms with Crippen molar-refractivity contribution in [1.82, 2.24) is 5.32 Å². The zero-order chi connectivity index (χ0) is 10.8. The van der Waals surface area contributed by atoms with Crippen LogP contribution in [0.25, 0.3) is 0 Å². The van der Waals surface area contributed by atoms with Crippen LogP contribution < -0.4 is 5.32 Å². The van der Waals surface area contributed by atoms with Gasteiger partial charge in [-0.3, -0.25) is 0 Å². The summed E-state index contributed by atoms with van der Waals surface area (Å²) in [4.78, 5) is 0. The molecule has 0 aromatic rings. The van der Waals surface area contributed by atoms with Crippen molar-refractivity contribution in [1.29, 1.82) is 0 Å². The summed E-state index contributed by atoms with van der Waals surface area (Å²) in [5.41, 5.74) is 0. The van der Waals surface area contributed by atoms with Gasteiger partial charge in [-0.15, -0.1) is 0 Å². The minimum absolute atomic E-state index is 0.0616. The molecule has 0 amide bonds. The van der Waals surface area contributed by atoms with E-state index in [-0.39, 0.29) is 12.6 Å². The van der Waals surface area contributed by atoms with Crippen molar-refractivity contribution in [2.75, 3.05) is 13.2 Å². The fourth-order valence-electron chi connectivity index (χ4n) is 1.50. The van der Waals surface area contributed by atoms with Gasteiger partial charge in [-0.05, 0) is 19.4 Å². The standard InChI is InChI=1S/C11H25NO2/c1-3-5-6-7-10(11(14)9-13)12-8-4-2/h10-14H,3-9H2,1-2H3/t10-,11+/m1/s1. The highest BCUT2D eigenvalue weighted by Gasteiger charge is 2.16. The van der Waals surface area contributed by atoms with Gasteiger partial charge in [0.1, 0.15) is 0 Å². The monoisotopic (exact) mass is 203 g/mol. The Bertz CT molecular complexity index is 120. The summed E-state index contributed by atoms with van der Waals surface area (Å²) < 4.78 is 0. The van der Waals surface area contributed by atoms with E-state index in [1.54, 1.807) is 0 Å². The molecule has 0 rings (SSSR count). The summed E-state index contributed by atoms with van der Waals surface area (Å²) in [7, 11) is 0. The number of aliphatic hydroxyl groups is 2. The molecule has 0 spiro atoms. The molecule has 0 fully saturated rings. The van der Waals surface area contributed by atoms with Gasteiger partial charge in [0.15, 0.2) is 0 Å². The van der Waals surface area contributed by atoms with Crippen LogP contribution in [0, 0.1) is 0 Å². The van der Waals surface area contributed by atoms with Crippen LogP contribution >= 0.6 is 0 Å². The molecule has 0 heterocycles. The van der Waals surface area contributed by atoms with E-state index in [0.29, 0.717) is 0 Å². The van der Waals surface area contributed by atoms with Gasteiger partial charge in [0, 0.05) is 6.04 Å². The van der Waals surface area contributed by atoms with Gasteiger partial charge in [-0.1, -0.05) is 33.1 Å². The third-order valence-electron chi connectivity index (χ3n) is 2.43. The van der Waals surface area contributed by atoms with Crippen molar-refractivity contribution in [3.63, 3.8) is 0 Å². The zero-order valence-electron chi connectivity index (χ0n) is 9.50. The number of aliphatic hydroxyl groups excluding tert-OH is 2. The Balaban J connectivity index is 3.72. The Labute approximate surface area is 87.5 Å². The zero-order valence-corrected chi connectivity index (χ0v) is 9.50. The van der Waals surface area contributed by atoms with E-state index in [2.05, 4.69) is 19.2 Å². The Morgan fingerprint density at radius 1 is 1.14 bits per heavy atom. The maximum absolute atomic E-state index is 9.53. The van der Waals surface area contributed by atoms with Crippen LogP contribution in [0.3, 0.4) is 0 Å². The quantitative estimate of drug-likeness (QED) is 0.495. The van der Waals surface area contributed by atoms with E-state index in [0.717, 1.165) is 25.8 Å². The maximum atomic E-state index is 9.53. The van der Waals surface area contributed by atoms with Crippen molar-refractivity contribution in [2.24, 2.45) is 0 Å². The molecule has 0 saturated heterocycles. The van der Waals surface area contributed by atoms with E-state index in [1.807, 2.05) is 0 Å². The molecule has 0 aromatic heterocycles. The van der Waals surface area contributed by atoms with E-state index < -0.39 is 6.10 Å². The smallest absolute Gasteiger partial charge is 0.0923 e. The van der Waals surface area contributed by atoms with Crippen molar-refractivity contribution < 1.29 is 10.2 Å². The van der Waals surface area contributed by atoms with Gasteiger partial charge in [-0.25, -0.2) is 0 Å². The molecule has 86 valence electrons. The van der Waals surface area contributed by atoms with Crippen LogP contribution in [-0.4, -0.2) is 35.5 Å². The average molecular weight is 203 g/mol. The second-order valence-electron chi connectivity index (χ2n) is 3.81.